The molecule has 1 rings (SSSR count). The maximum atomic E-state index is 10.00. The summed E-state index contributed by atoms with van der Waals surface area (Å²) in [6, 6.07) is 0. The number of aliphatic hydroxyl groups excluding tert-OH is 1. The third kappa shape index (κ3) is 4.97. The molecule has 1 unspecified atom stereocenters. The molecule has 1 saturated heterocycles. The van der Waals surface area contributed by atoms with E-state index >= 15 is 0 Å². The fourth-order valence-corrected chi connectivity index (χ4v) is 2.21. The van der Waals surface area contributed by atoms with Crippen molar-refractivity contribution in [1.29, 1.82) is 0 Å². The minimum Gasteiger partial charge on any atom is -0.375 e. The lowest BCUT2D eigenvalue weighted by Gasteiger charge is -2.43. The monoisotopic (exact) mass is 301 g/mol. The van der Waals surface area contributed by atoms with Gasteiger partial charge in [-0.2, -0.15) is 0 Å². The number of nitrogens with one attached hydrogen (secondary N) is 2. The summed E-state index contributed by atoms with van der Waals surface area (Å²) < 4.78 is 0. The van der Waals surface area contributed by atoms with Gasteiger partial charge >= 0.3 is 0 Å². The Hall–Kier alpha value is -2.20. The number of rotatable bonds is 9. The fraction of sp³-hybridized carbons (Fsp3) is 0.333. The Morgan fingerprint density at radius 2 is 1.95 bits per heavy atom. The number of hydrogen-bond donors (Lipinski definition) is 3. The molecule has 0 radical (unpaired) electrons. The molecule has 0 bridgehead atoms. The third-order valence-electron chi connectivity index (χ3n) is 3.62. The maximum absolute atomic E-state index is 10.00. The van der Waals surface area contributed by atoms with Crippen molar-refractivity contribution in [1.82, 2.24) is 15.5 Å². The molecule has 120 valence electrons. The number of hydrogen-bond acceptors (Lipinski definition) is 4. The van der Waals surface area contributed by atoms with E-state index in [1.807, 2.05) is 26.1 Å². The third-order valence-corrected chi connectivity index (χ3v) is 3.62. The smallest absolute Gasteiger partial charge is 0.147 e. The van der Waals surface area contributed by atoms with Crippen LogP contribution in [0.4, 0.5) is 0 Å². The summed E-state index contributed by atoms with van der Waals surface area (Å²) in [4.78, 5) is 2.18. The molecule has 1 heterocycles. The summed E-state index contributed by atoms with van der Waals surface area (Å²) in [5, 5.41) is 16.0. The van der Waals surface area contributed by atoms with Gasteiger partial charge in [0.2, 0.25) is 0 Å². The maximum Gasteiger partial charge on any atom is 0.147 e. The Morgan fingerprint density at radius 3 is 2.45 bits per heavy atom. The summed E-state index contributed by atoms with van der Waals surface area (Å²) in [7, 11) is 1.85. The molecular formula is C18H27N3O. The second kappa shape index (κ2) is 8.95. The number of allylic oxidation sites excluding steroid dienone is 5. The van der Waals surface area contributed by atoms with Crippen LogP contribution in [-0.4, -0.2) is 36.4 Å². The van der Waals surface area contributed by atoms with Crippen molar-refractivity contribution in [2.45, 2.75) is 13.2 Å². The number of likely N-dealkylation sites (tertiary alicyclic amines) is 1. The van der Waals surface area contributed by atoms with Crippen LogP contribution in [0.15, 0.2) is 73.3 Å². The second-order valence-electron chi connectivity index (χ2n) is 5.21. The molecule has 1 aliphatic rings. The fourth-order valence-electron chi connectivity index (χ4n) is 2.21. The van der Waals surface area contributed by atoms with Crippen molar-refractivity contribution in [3.8, 4) is 0 Å². The molecule has 1 fully saturated rings. The van der Waals surface area contributed by atoms with Crippen LogP contribution < -0.4 is 10.6 Å². The van der Waals surface area contributed by atoms with E-state index in [1.54, 1.807) is 24.4 Å². The highest BCUT2D eigenvalue weighted by atomic mass is 16.3. The van der Waals surface area contributed by atoms with Gasteiger partial charge in [-0.25, -0.2) is 0 Å². The zero-order valence-electron chi connectivity index (χ0n) is 13.5. The number of aliphatic hydroxyl groups is 1. The Kier molecular flexibility index (Phi) is 7.26. The molecule has 22 heavy (non-hydrogen) atoms. The molecule has 0 aromatic heterocycles. The Labute approximate surface area is 133 Å². The zero-order valence-corrected chi connectivity index (χ0v) is 13.5. The first kappa shape index (κ1) is 17.9. The van der Waals surface area contributed by atoms with Crippen molar-refractivity contribution in [3.63, 3.8) is 0 Å². The molecule has 0 saturated carbocycles. The van der Waals surface area contributed by atoms with E-state index in [0.717, 1.165) is 24.5 Å². The molecule has 0 aliphatic carbocycles. The SMILES string of the molecule is C=C/C=C(\C=C)C1CN(/C(=C/C(O)N/C=C(/C)C=C)NC)C1. The lowest BCUT2D eigenvalue weighted by molar-refractivity contribution is 0.151. The Bertz CT molecular complexity index is 496. The first-order chi connectivity index (χ1) is 10.5. The summed E-state index contributed by atoms with van der Waals surface area (Å²) in [5.74, 6) is 1.36. The van der Waals surface area contributed by atoms with Crippen molar-refractivity contribution < 1.29 is 5.11 Å². The molecule has 3 N–H and O–H groups in total. The highest BCUT2D eigenvalue weighted by Gasteiger charge is 2.29. The largest absolute Gasteiger partial charge is 0.375 e. The molecule has 0 amide bonds. The van der Waals surface area contributed by atoms with Gasteiger partial charge in [0, 0.05) is 38.3 Å². The van der Waals surface area contributed by atoms with Gasteiger partial charge in [-0.05, 0) is 18.1 Å². The second-order valence-corrected chi connectivity index (χ2v) is 5.21. The van der Waals surface area contributed by atoms with E-state index in [-0.39, 0.29) is 0 Å². The van der Waals surface area contributed by atoms with Crippen molar-refractivity contribution in [3.05, 3.63) is 73.3 Å². The lowest BCUT2D eigenvalue weighted by Crippen LogP contribution is -2.49. The van der Waals surface area contributed by atoms with E-state index < -0.39 is 6.23 Å². The van der Waals surface area contributed by atoms with E-state index in [4.69, 9.17) is 0 Å². The van der Waals surface area contributed by atoms with E-state index in [9.17, 15) is 5.11 Å². The molecule has 0 aromatic rings. The molecule has 4 heteroatoms. The topological polar surface area (TPSA) is 47.5 Å². The molecule has 0 aromatic carbocycles. The van der Waals surface area contributed by atoms with Crippen LogP contribution in [-0.2, 0) is 0 Å². The van der Waals surface area contributed by atoms with Gasteiger partial charge < -0.3 is 20.6 Å². The average Bonchev–Trinajstić information content (AvgIpc) is 2.48. The van der Waals surface area contributed by atoms with E-state index in [0.29, 0.717) is 5.92 Å². The average molecular weight is 301 g/mol. The molecule has 0 spiro atoms. The predicted molar refractivity (Wildman–Crippen MR) is 93.8 cm³/mol. The van der Waals surface area contributed by atoms with Gasteiger partial charge in [-0.1, -0.05) is 44.0 Å². The van der Waals surface area contributed by atoms with Gasteiger partial charge in [0.25, 0.3) is 0 Å². The molecule has 1 atom stereocenters. The van der Waals surface area contributed by atoms with Crippen molar-refractivity contribution >= 4 is 0 Å². The van der Waals surface area contributed by atoms with E-state index in [2.05, 4.69) is 35.3 Å². The molecule has 1 aliphatic heterocycles. The van der Waals surface area contributed by atoms with Gasteiger partial charge in [0.15, 0.2) is 0 Å². The van der Waals surface area contributed by atoms with Crippen LogP contribution in [0.1, 0.15) is 6.92 Å². The van der Waals surface area contributed by atoms with Crippen LogP contribution in [0.2, 0.25) is 0 Å². The summed E-state index contributed by atoms with van der Waals surface area (Å²) in [5.41, 5.74) is 2.16. The Morgan fingerprint density at radius 1 is 1.27 bits per heavy atom. The minimum atomic E-state index is -0.751. The number of nitrogens with zero attached hydrogens (tertiary/aromatic N) is 1. The highest BCUT2D eigenvalue weighted by Crippen LogP contribution is 2.26. The summed E-state index contributed by atoms with van der Waals surface area (Å²) >= 11 is 0. The minimum absolute atomic E-state index is 0.459. The quantitative estimate of drug-likeness (QED) is 0.452. The standard InChI is InChI=1S/C18H27N3O/c1-6-9-15(8-3)16-12-21(13-16)17(19-5)10-18(22)20-11-14(4)7-2/h6-11,16,18-20,22H,1-3,12-13H2,4-5H3/b14-11-,15-9+,17-10+. The lowest BCUT2D eigenvalue weighted by atomic mass is 9.90. The van der Waals surface area contributed by atoms with Crippen LogP contribution >= 0.6 is 0 Å². The summed E-state index contributed by atoms with van der Waals surface area (Å²) in [6.07, 6.45) is 10.1. The van der Waals surface area contributed by atoms with Crippen LogP contribution in [0.3, 0.4) is 0 Å². The van der Waals surface area contributed by atoms with Crippen LogP contribution in [0.25, 0.3) is 0 Å². The van der Waals surface area contributed by atoms with Crippen molar-refractivity contribution in [2.24, 2.45) is 5.92 Å². The first-order valence-corrected chi connectivity index (χ1v) is 7.38. The highest BCUT2D eigenvalue weighted by molar-refractivity contribution is 5.28. The van der Waals surface area contributed by atoms with Gasteiger partial charge in [-0.15, -0.1) is 0 Å². The zero-order chi connectivity index (χ0) is 16.5. The predicted octanol–water partition coefficient (Wildman–Crippen LogP) is 2.28. The van der Waals surface area contributed by atoms with Gasteiger partial charge in [0.05, 0.1) is 0 Å². The van der Waals surface area contributed by atoms with Crippen LogP contribution in [0, 0.1) is 5.92 Å². The Balaban J connectivity index is 2.61. The summed E-state index contributed by atoms with van der Waals surface area (Å²) in [6.45, 7) is 14.9. The normalized spacial score (nSPS) is 18.3. The molecule has 4 nitrogen and oxygen atoms in total. The van der Waals surface area contributed by atoms with E-state index in [1.165, 1.54) is 5.57 Å². The van der Waals surface area contributed by atoms with Gasteiger partial charge in [0.1, 0.15) is 12.0 Å². The molecular weight excluding hydrogens is 274 g/mol. The van der Waals surface area contributed by atoms with Crippen molar-refractivity contribution in [2.75, 3.05) is 20.1 Å². The van der Waals surface area contributed by atoms with Crippen LogP contribution in [0.5, 0.6) is 0 Å². The van der Waals surface area contributed by atoms with Gasteiger partial charge in [-0.3, -0.25) is 0 Å². The first-order valence-electron chi connectivity index (χ1n) is 7.38.